The average molecular weight is 316 g/mol. The lowest BCUT2D eigenvalue weighted by molar-refractivity contribution is -0.207. The third-order valence-corrected chi connectivity index (χ3v) is 4.48. The molecule has 0 aromatic rings. The molecule has 128 valence electrons. The average Bonchev–Trinajstić information content (AvgIpc) is 3.02. The van der Waals surface area contributed by atoms with Crippen LogP contribution in [0.25, 0.3) is 0 Å². The maximum atomic E-state index is 8.96. The molecule has 22 heavy (non-hydrogen) atoms. The van der Waals surface area contributed by atoms with E-state index in [1.807, 2.05) is 27.7 Å². The van der Waals surface area contributed by atoms with Gasteiger partial charge in [-0.2, -0.15) is 0 Å². The van der Waals surface area contributed by atoms with Crippen LogP contribution in [-0.4, -0.2) is 60.4 Å². The van der Waals surface area contributed by atoms with E-state index in [0.29, 0.717) is 6.61 Å². The molecule has 0 amide bonds. The van der Waals surface area contributed by atoms with Crippen molar-refractivity contribution in [3.05, 3.63) is 0 Å². The van der Waals surface area contributed by atoms with Crippen molar-refractivity contribution in [2.24, 2.45) is 0 Å². The number of fused-ring (bicyclic) bond motifs is 1. The fourth-order valence-corrected chi connectivity index (χ4v) is 3.58. The van der Waals surface area contributed by atoms with Gasteiger partial charge in [0.1, 0.15) is 24.4 Å². The van der Waals surface area contributed by atoms with Crippen molar-refractivity contribution in [3.8, 4) is 0 Å². The smallest absolute Gasteiger partial charge is 0.164 e. The Morgan fingerprint density at radius 1 is 0.909 bits per heavy atom. The van der Waals surface area contributed by atoms with Crippen LogP contribution in [0, 0.1) is 0 Å². The van der Waals surface area contributed by atoms with Gasteiger partial charge in [0.15, 0.2) is 11.6 Å². The van der Waals surface area contributed by atoms with Gasteiger partial charge in [0.25, 0.3) is 0 Å². The molecule has 3 rings (SSSR count). The number of hydrogen-bond donors (Lipinski definition) is 1. The molecular formula is C16H28O6. The molecule has 0 bridgehead atoms. The number of ether oxygens (including phenoxy) is 5. The summed E-state index contributed by atoms with van der Waals surface area (Å²) < 4.78 is 30.0. The van der Waals surface area contributed by atoms with Gasteiger partial charge >= 0.3 is 0 Å². The van der Waals surface area contributed by atoms with Gasteiger partial charge in [0.2, 0.25) is 0 Å². The maximum absolute atomic E-state index is 8.96. The van der Waals surface area contributed by atoms with Crippen LogP contribution < -0.4 is 0 Å². The van der Waals surface area contributed by atoms with Gasteiger partial charge in [-0.15, -0.1) is 0 Å². The van der Waals surface area contributed by atoms with E-state index in [2.05, 4.69) is 0 Å². The Labute approximate surface area is 132 Å². The number of unbranched alkanes of at least 4 members (excludes halogenated alkanes) is 1. The standard InChI is InChI=1S/C16H28O6/c1-15(2)18-9-11(20-15)12-14-13(21-16(3,4)22-14)10(19-12)7-5-6-8-17/h10-14,17H,5-9H2,1-4H3/t10-,11+,12+,13+,14-/m0/s1. The first kappa shape index (κ1) is 16.6. The molecule has 0 unspecified atom stereocenters. The summed E-state index contributed by atoms with van der Waals surface area (Å²) in [6.45, 7) is 8.41. The van der Waals surface area contributed by atoms with Crippen molar-refractivity contribution >= 4 is 0 Å². The first-order valence-corrected chi connectivity index (χ1v) is 8.25. The van der Waals surface area contributed by atoms with Crippen molar-refractivity contribution in [3.63, 3.8) is 0 Å². The first-order chi connectivity index (χ1) is 10.3. The summed E-state index contributed by atoms with van der Waals surface area (Å²) in [7, 11) is 0. The summed E-state index contributed by atoms with van der Waals surface area (Å²) in [6, 6.07) is 0. The van der Waals surface area contributed by atoms with Gasteiger partial charge in [-0.05, 0) is 47.0 Å². The molecular weight excluding hydrogens is 288 g/mol. The molecule has 5 atom stereocenters. The van der Waals surface area contributed by atoms with E-state index in [1.165, 1.54) is 0 Å². The zero-order valence-corrected chi connectivity index (χ0v) is 13.9. The fourth-order valence-electron chi connectivity index (χ4n) is 3.58. The van der Waals surface area contributed by atoms with E-state index in [9.17, 15) is 0 Å². The number of hydrogen-bond acceptors (Lipinski definition) is 6. The molecule has 3 heterocycles. The van der Waals surface area contributed by atoms with Crippen LogP contribution in [0.15, 0.2) is 0 Å². The third-order valence-electron chi connectivity index (χ3n) is 4.48. The normalized spacial score (nSPS) is 42.7. The molecule has 0 spiro atoms. The topological polar surface area (TPSA) is 66.4 Å². The zero-order valence-electron chi connectivity index (χ0n) is 13.9. The van der Waals surface area contributed by atoms with E-state index in [0.717, 1.165) is 19.3 Å². The second-order valence-corrected chi connectivity index (χ2v) is 7.29. The summed E-state index contributed by atoms with van der Waals surface area (Å²) in [6.07, 6.45) is 2.01. The molecule has 3 fully saturated rings. The molecule has 6 nitrogen and oxygen atoms in total. The van der Waals surface area contributed by atoms with Crippen LogP contribution >= 0.6 is 0 Å². The van der Waals surface area contributed by atoms with Gasteiger partial charge in [-0.25, -0.2) is 0 Å². The Morgan fingerprint density at radius 3 is 2.27 bits per heavy atom. The summed E-state index contributed by atoms with van der Waals surface area (Å²) in [5.74, 6) is -1.17. The SMILES string of the molecule is CC1(C)O[C@@H]2[C@H](O1)[C@H](CCCCO)O[C@@H]2[C@H]1COC(C)(C)O1. The van der Waals surface area contributed by atoms with Crippen LogP contribution in [0.5, 0.6) is 0 Å². The van der Waals surface area contributed by atoms with Crippen LogP contribution in [-0.2, 0) is 23.7 Å². The van der Waals surface area contributed by atoms with Crippen molar-refractivity contribution in [1.29, 1.82) is 0 Å². The summed E-state index contributed by atoms with van der Waals surface area (Å²) in [5.41, 5.74) is 0. The molecule has 6 heteroatoms. The van der Waals surface area contributed by atoms with Gasteiger partial charge in [0.05, 0.1) is 12.7 Å². The minimum Gasteiger partial charge on any atom is -0.396 e. The molecule has 1 N–H and O–H groups in total. The molecule has 3 aliphatic heterocycles. The van der Waals surface area contributed by atoms with Gasteiger partial charge < -0.3 is 28.8 Å². The lowest BCUT2D eigenvalue weighted by Crippen LogP contribution is -2.40. The highest BCUT2D eigenvalue weighted by molar-refractivity contribution is 5.01. The van der Waals surface area contributed by atoms with Gasteiger partial charge in [-0.3, -0.25) is 0 Å². The van der Waals surface area contributed by atoms with Crippen LogP contribution in [0.4, 0.5) is 0 Å². The Hall–Kier alpha value is -0.240. The summed E-state index contributed by atoms with van der Waals surface area (Å²) in [4.78, 5) is 0. The highest BCUT2D eigenvalue weighted by atomic mass is 16.8. The van der Waals surface area contributed by atoms with Crippen molar-refractivity contribution in [2.45, 2.75) is 89.1 Å². The Kier molecular flexibility index (Phi) is 4.53. The van der Waals surface area contributed by atoms with Crippen LogP contribution in [0.2, 0.25) is 0 Å². The van der Waals surface area contributed by atoms with Crippen LogP contribution in [0.1, 0.15) is 47.0 Å². The van der Waals surface area contributed by atoms with Crippen molar-refractivity contribution < 1.29 is 28.8 Å². The second kappa shape index (κ2) is 6.00. The van der Waals surface area contributed by atoms with E-state index < -0.39 is 11.6 Å². The van der Waals surface area contributed by atoms with Gasteiger partial charge in [0, 0.05) is 6.61 Å². The molecule has 3 saturated heterocycles. The Balaban J connectivity index is 1.69. The Bertz CT molecular complexity index is 396. The minimum absolute atomic E-state index is 0.0179. The predicted molar refractivity (Wildman–Crippen MR) is 78.3 cm³/mol. The monoisotopic (exact) mass is 316 g/mol. The summed E-state index contributed by atoms with van der Waals surface area (Å²) >= 11 is 0. The molecule has 0 aliphatic carbocycles. The van der Waals surface area contributed by atoms with E-state index in [4.69, 9.17) is 28.8 Å². The molecule has 0 aromatic carbocycles. The van der Waals surface area contributed by atoms with E-state index in [-0.39, 0.29) is 37.1 Å². The molecule has 0 saturated carbocycles. The lowest BCUT2D eigenvalue weighted by atomic mass is 10.0. The first-order valence-electron chi connectivity index (χ1n) is 8.25. The number of aliphatic hydroxyl groups is 1. The molecule has 3 aliphatic rings. The molecule has 0 aromatic heterocycles. The van der Waals surface area contributed by atoms with Crippen LogP contribution in [0.3, 0.4) is 0 Å². The quantitative estimate of drug-likeness (QED) is 0.777. The predicted octanol–water partition coefficient (Wildman–Crippen LogP) is 1.59. The lowest BCUT2D eigenvalue weighted by Gasteiger charge is -2.27. The Morgan fingerprint density at radius 2 is 1.64 bits per heavy atom. The minimum atomic E-state index is -0.596. The zero-order chi connectivity index (χ0) is 16.0. The fraction of sp³-hybridized carbons (Fsp3) is 1.00. The second-order valence-electron chi connectivity index (χ2n) is 7.29. The van der Waals surface area contributed by atoms with E-state index in [1.54, 1.807) is 0 Å². The van der Waals surface area contributed by atoms with Crippen molar-refractivity contribution in [2.75, 3.05) is 13.2 Å². The maximum Gasteiger partial charge on any atom is 0.164 e. The highest BCUT2D eigenvalue weighted by Crippen LogP contribution is 2.43. The third kappa shape index (κ3) is 3.32. The van der Waals surface area contributed by atoms with E-state index >= 15 is 0 Å². The number of aliphatic hydroxyl groups excluding tert-OH is 1. The number of rotatable bonds is 5. The van der Waals surface area contributed by atoms with Crippen molar-refractivity contribution in [1.82, 2.24) is 0 Å². The largest absolute Gasteiger partial charge is 0.396 e. The summed E-state index contributed by atoms with van der Waals surface area (Å²) in [5, 5.41) is 8.96. The highest BCUT2D eigenvalue weighted by Gasteiger charge is 2.58. The van der Waals surface area contributed by atoms with Gasteiger partial charge in [-0.1, -0.05) is 0 Å². The molecule has 0 radical (unpaired) electrons.